The highest BCUT2D eigenvalue weighted by atomic mass is 79.9. The fourth-order valence-corrected chi connectivity index (χ4v) is 2.26. The summed E-state index contributed by atoms with van der Waals surface area (Å²) in [4.78, 5) is 15.5. The average molecular weight is 317 g/mol. The van der Waals surface area contributed by atoms with E-state index in [0.717, 1.165) is 15.5 Å². The Bertz CT molecular complexity index is 579. The minimum Gasteiger partial charge on any atom is -0.368 e. The Morgan fingerprint density at radius 1 is 1.65 bits per heavy atom. The molecule has 0 bridgehead atoms. The summed E-state index contributed by atoms with van der Waals surface area (Å²) >= 11 is 9.44. The van der Waals surface area contributed by atoms with E-state index in [-0.39, 0.29) is 11.9 Å². The fourth-order valence-electron chi connectivity index (χ4n) is 1.74. The van der Waals surface area contributed by atoms with Crippen molar-refractivity contribution in [2.24, 2.45) is 5.73 Å². The lowest BCUT2D eigenvalue weighted by atomic mass is 10.3. The molecule has 17 heavy (non-hydrogen) atoms. The molecule has 1 aromatic heterocycles. The lowest BCUT2D eigenvalue weighted by molar-refractivity contribution is -0.118. The van der Waals surface area contributed by atoms with Crippen LogP contribution in [0.15, 0.2) is 22.7 Å². The first-order chi connectivity index (χ1) is 7.99. The number of carbonyl (C=O) groups excluding carboxylic acids is 1. The molecule has 1 atom stereocenters. The van der Waals surface area contributed by atoms with Crippen LogP contribution in [0, 0.1) is 0 Å². The normalized spacial score (nSPS) is 12.9. The van der Waals surface area contributed by atoms with Gasteiger partial charge in [0.2, 0.25) is 5.91 Å². The number of primary amides is 1. The highest BCUT2D eigenvalue weighted by Gasteiger charge is 2.16. The van der Waals surface area contributed by atoms with Crippen LogP contribution in [0.5, 0.6) is 0 Å². The van der Waals surface area contributed by atoms with E-state index in [1.165, 1.54) is 0 Å². The number of benzene rings is 1. The SMILES string of the molecule is CC(Cl)c1nc2ccc(Br)cc2n1CC(N)=O. The van der Waals surface area contributed by atoms with Gasteiger partial charge in [-0.15, -0.1) is 11.6 Å². The van der Waals surface area contributed by atoms with Crippen molar-refractivity contribution in [3.63, 3.8) is 0 Å². The van der Waals surface area contributed by atoms with Crippen LogP contribution in [-0.4, -0.2) is 15.5 Å². The molecule has 6 heteroatoms. The zero-order valence-corrected chi connectivity index (χ0v) is 11.5. The van der Waals surface area contributed by atoms with Crippen molar-refractivity contribution in [1.82, 2.24) is 9.55 Å². The van der Waals surface area contributed by atoms with Crippen molar-refractivity contribution in [1.29, 1.82) is 0 Å². The van der Waals surface area contributed by atoms with E-state index in [1.807, 2.05) is 25.1 Å². The molecule has 1 unspecified atom stereocenters. The number of nitrogens with zero attached hydrogens (tertiary/aromatic N) is 2. The first-order valence-corrected chi connectivity index (χ1v) is 6.30. The maximum Gasteiger partial charge on any atom is 0.237 e. The van der Waals surface area contributed by atoms with Gasteiger partial charge in [0.25, 0.3) is 0 Å². The third kappa shape index (κ3) is 2.45. The summed E-state index contributed by atoms with van der Waals surface area (Å²) in [5.41, 5.74) is 6.89. The second-order valence-electron chi connectivity index (χ2n) is 3.77. The van der Waals surface area contributed by atoms with E-state index < -0.39 is 5.91 Å². The molecular weight excluding hydrogens is 305 g/mol. The second-order valence-corrected chi connectivity index (χ2v) is 5.34. The van der Waals surface area contributed by atoms with Crippen molar-refractivity contribution < 1.29 is 4.79 Å². The predicted molar refractivity (Wildman–Crippen MR) is 70.9 cm³/mol. The van der Waals surface area contributed by atoms with Gasteiger partial charge in [-0.05, 0) is 25.1 Å². The van der Waals surface area contributed by atoms with Gasteiger partial charge >= 0.3 is 0 Å². The summed E-state index contributed by atoms with van der Waals surface area (Å²) in [5, 5.41) is -0.277. The number of rotatable bonds is 3. The van der Waals surface area contributed by atoms with Crippen LogP contribution in [0.1, 0.15) is 18.1 Å². The molecule has 0 aliphatic heterocycles. The van der Waals surface area contributed by atoms with E-state index >= 15 is 0 Å². The Kier molecular flexibility index (Phi) is 3.40. The summed E-state index contributed by atoms with van der Waals surface area (Å²) in [5.74, 6) is 0.237. The first-order valence-electron chi connectivity index (χ1n) is 5.07. The number of aromatic nitrogens is 2. The zero-order valence-electron chi connectivity index (χ0n) is 9.15. The average Bonchev–Trinajstić information content (AvgIpc) is 2.56. The molecule has 90 valence electrons. The molecule has 0 aliphatic carbocycles. The maximum atomic E-state index is 11.1. The fraction of sp³-hybridized carbons (Fsp3) is 0.273. The lowest BCUT2D eigenvalue weighted by Crippen LogP contribution is -2.20. The Balaban J connectivity index is 2.68. The van der Waals surface area contributed by atoms with Gasteiger partial charge in [0, 0.05) is 4.47 Å². The molecule has 0 radical (unpaired) electrons. The highest BCUT2D eigenvalue weighted by molar-refractivity contribution is 9.10. The molecule has 0 saturated heterocycles. The van der Waals surface area contributed by atoms with Crippen LogP contribution < -0.4 is 5.73 Å². The van der Waals surface area contributed by atoms with Gasteiger partial charge in [-0.3, -0.25) is 4.79 Å². The van der Waals surface area contributed by atoms with Crippen LogP contribution in [-0.2, 0) is 11.3 Å². The predicted octanol–water partition coefficient (Wildman–Crippen LogP) is 2.58. The van der Waals surface area contributed by atoms with Crippen molar-refractivity contribution in [3.05, 3.63) is 28.5 Å². The van der Waals surface area contributed by atoms with Crippen molar-refractivity contribution in [2.45, 2.75) is 18.8 Å². The van der Waals surface area contributed by atoms with E-state index in [1.54, 1.807) is 4.57 Å². The van der Waals surface area contributed by atoms with E-state index in [2.05, 4.69) is 20.9 Å². The molecule has 2 N–H and O–H groups in total. The number of carbonyl (C=O) groups is 1. The van der Waals surface area contributed by atoms with Crippen molar-refractivity contribution >= 4 is 44.5 Å². The molecule has 1 heterocycles. The third-order valence-electron chi connectivity index (χ3n) is 2.41. The molecule has 4 nitrogen and oxygen atoms in total. The summed E-state index contributed by atoms with van der Waals surface area (Å²) < 4.78 is 2.67. The minimum absolute atomic E-state index is 0.0827. The Morgan fingerprint density at radius 2 is 2.35 bits per heavy atom. The third-order valence-corrected chi connectivity index (χ3v) is 3.10. The van der Waals surface area contributed by atoms with Gasteiger partial charge in [0.15, 0.2) is 0 Å². The van der Waals surface area contributed by atoms with Crippen LogP contribution >= 0.6 is 27.5 Å². The summed E-state index contributed by atoms with van der Waals surface area (Å²) in [6, 6.07) is 5.67. The molecular formula is C11H11BrClN3O. The number of halogens is 2. The molecule has 1 amide bonds. The standard InChI is InChI=1S/C11H11BrClN3O/c1-6(13)11-15-8-3-2-7(12)4-9(8)16(11)5-10(14)17/h2-4,6H,5H2,1H3,(H2,14,17). The van der Waals surface area contributed by atoms with Gasteiger partial charge in [-0.1, -0.05) is 15.9 Å². The first kappa shape index (κ1) is 12.4. The van der Waals surface area contributed by atoms with Gasteiger partial charge in [-0.2, -0.15) is 0 Å². The smallest absolute Gasteiger partial charge is 0.237 e. The number of alkyl halides is 1. The van der Waals surface area contributed by atoms with Crippen molar-refractivity contribution in [2.75, 3.05) is 0 Å². The molecule has 0 fully saturated rings. The quantitative estimate of drug-likeness (QED) is 0.885. The maximum absolute atomic E-state index is 11.1. The molecule has 1 aromatic carbocycles. The van der Waals surface area contributed by atoms with Gasteiger partial charge in [-0.25, -0.2) is 4.98 Å². The Labute approximate surface area is 112 Å². The summed E-state index contributed by atoms with van der Waals surface area (Å²) in [7, 11) is 0. The van der Waals surface area contributed by atoms with Gasteiger partial charge in [0.05, 0.1) is 16.4 Å². The molecule has 0 saturated carbocycles. The molecule has 2 aromatic rings. The number of fused-ring (bicyclic) bond motifs is 1. The van der Waals surface area contributed by atoms with Gasteiger partial charge < -0.3 is 10.3 Å². The summed E-state index contributed by atoms with van der Waals surface area (Å²) in [6.45, 7) is 1.90. The number of imidazole rings is 1. The monoisotopic (exact) mass is 315 g/mol. The van der Waals surface area contributed by atoms with Crippen molar-refractivity contribution in [3.8, 4) is 0 Å². The van der Waals surface area contributed by atoms with Crippen LogP contribution in [0.3, 0.4) is 0 Å². The number of amides is 1. The van der Waals surface area contributed by atoms with Crippen LogP contribution in [0.25, 0.3) is 11.0 Å². The number of nitrogens with two attached hydrogens (primary N) is 1. The topological polar surface area (TPSA) is 60.9 Å². The molecule has 0 aliphatic rings. The number of hydrogen-bond donors (Lipinski definition) is 1. The molecule has 2 rings (SSSR count). The minimum atomic E-state index is -0.414. The van der Waals surface area contributed by atoms with E-state index in [4.69, 9.17) is 17.3 Å². The zero-order chi connectivity index (χ0) is 12.6. The number of hydrogen-bond acceptors (Lipinski definition) is 2. The van der Waals surface area contributed by atoms with Gasteiger partial charge in [0.1, 0.15) is 12.4 Å². The van der Waals surface area contributed by atoms with Crippen LogP contribution in [0.2, 0.25) is 0 Å². The van der Waals surface area contributed by atoms with Crippen LogP contribution in [0.4, 0.5) is 0 Å². The lowest BCUT2D eigenvalue weighted by Gasteiger charge is -2.07. The van der Waals surface area contributed by atoms with E-state index in [9.17, 15) is 4.79 Å². The van der Waals surface area contributed by atoms with E-state index in [0.29, 0.717) is 5.82 Å². The Morgan fingerprint density at radius 3 is 2.94 bits per heavy atom. The summed E-state index contributed by atoms with van der Waals surface area (Å²) in [6.07, 6.45) is 0. The second kappa shape index (κ2) is 4.66. The largest absolute Gasteiger partial charge is 0.368 e. The highest BCUT2D eigenvalue weighted by Crippen LogP contribution is 2.26. The Hall–Kier alpha value is -1.07. The molecule has 0 spiro atoms.